The highest BCUT2D eigenvalue weighted by Gasteiger charge is 2.54. The number of rotatable bonds is 6. The van der Waals surface area contributed by atoms with Gasteiger partial charge in [-0.25, -0.2) is 0 Å². The second-order valence-electron chi connectivity index (χ2n) is 7.64. The largest absolute Gasteiger partial charge is 0.416 e. The molecule has 1 saturated carbocycles. The van der Waals surface area contributed by atoms with Gasteiger partial charge in [0, 0.05) is 43.8 Å². The summed E-state index contributed by atoms with van der Waals surface area (Å²) in [4.78, 5) is 17.9. The number of hydrogen-bond donors (Lipinski definition) is 1. The summed E-state index contributed by atoms with van der Waals surface area (Å²) in [5.41, 5.74) is 0.905. The van der Waals surface area contributed by atoms with E-state index >= 15 is 0 Å². The Morgan fingerprint density at radius 1 is 1.21 bits per heavy atom. The number of carbonyl (C=O) groups excluding carboxylic acids is 1. The fourth-order valence-corrected chi connectivity index (χ4v) is 4.23. The summed E-state index contributed by atoms with van der Waals surface area (Å²) in [6.45, 7) is 2.18. The van der Waals surface area contributed by atoms with E-state index in [1.807, 2.05) is 17.0 Å². The predicted octanol–water partition coefficient (Wildman–Crippen LogP) is 4.00. The lowest BCUT2D eigenvalue weighted by Crippen LogP contribution is -2.26. The van der Waals surface area contributed by atoms with E-state index in [1.54, 1.807) is 24.5 Å². The summed E-state index contributed by atoms with van der Waals surface area (Å²) in [6, 6.07) is 9.23. The van der Waals surface area contributed by atoms with Crippen LogP contribution in [-0.2, 0) is 11.0 Å². The molecule has 29 heavy (non-hydrogen) atoms. The zero-order valence-electron chi connectivity index (χ0n) is 15.8. The molecular weight excluding hydrogens is 379 g/mol. The number of piperidine rings is 1. The van der Waals surface area contributed by atoms with Gasteiger partial charge in [-0.3, -0.25) is 9.78 Å². The molecule has 1 aromatic heterocycles. The zero-order chi connectivity index (χ0) is 20.4. The number of carbonyl (C=O) groups is 1. The van der Waals surface area contributed by atoms with E-state index in [2.05, 4.69) is 10.3 Å². The molecule has 4 nitrogen and oxygen atoms in total. The summed E-state index contributed by atoms with van der Waals surface area (Å²) in [5.74, 6) is 1.42. The number of nitrogens with one attached hydrogen (secondary N) is 1. The van der Waals surface area contributed by atoms with E-state index in [9.17, 15) is 18.0 Å². The molecule has 1 N–H and O–H groups in total. The smallest absolute Gasteiger partial charge is 0.371 e. The number of amides is 1. The maximum Gasteiger partial charge on any atom is 0.416 e. The van der Waals surface area contributed by atoms with Crippen molar-refractivity contribution in [1.29, 1.82) is 0 Å². The molecule has 2 atom stereocenters. The van der Waals surface area contributed by atoms with E-state index in [-0.39, 0.29) is 5.91 Å². The van der Waals surface area contributed by atoms with Gasteiger partial charge in [0.2, 0.25) is 5.91 Å². The topological polar surface area (TPSA) is 45.2 Å². The van der Waals surface area contributed by atoms with E-state index < -0.39 is 11.7 Å². The molecule has 1 aromatic carbocycles. The van der Waals surface area contributed by atoms with Crippen molar-refractivity contribution in [3.63, 3.8) is 0 Å². The van der Waals surface area contributed by atoms with E-state index in [4.69, 9.17) is 0 Å². The van der Waals surface area contributed by atoms with Crippen LogP contribution in [0.4, 0.5) is 18.9 Å². The summed E-state index contributed by atoms with van der Waals surface area (Å²) in [6.07, 6.45) is 3.17. The number of fused-ring (bicyclic) bond motifs is 1. The minimum Gasteiger partial charge on any atom is -0.371 e. The molecule has 0 bridgehead atoms. The Morgan fingerprint density at radius 3 is 2.69 bits per heavy atom. The Morgan fingerprint density at radius 2 is 2.00 bits per heavy atom. The third-order valence-electron chi connectivity index (χ3n) is 5.80. The summed E-state index contributed by atoms with van der Waals surface area (Å²) in [7, 11) is 0. The van der Waals surface area contributed by atoms with Gasteiger partial charge in [0.1, 0.15) is 0 Å². The lowest BCUT2D eigenvalue weighted by molar-refractivity contribution is -0.137. The van der Waals surface area contributed by atoms with E-state index in [0.29, 0.717) is 30.0 Å². The van der Waals surface area contributed by atoms with Crippen molar-refractivity contribution in [2.24, 2.45) is 17.8 Å². The van der Waals surface area contributed by atoms with Gasteiger partial charge in [-0.05, 0) is 60.1 Å². The van der Waals surface area contributed by atoms with Crippen LogP contribution in [0.25, 0.3) is 6.08 Å². The van der Waals surface area contributed by atoms with Crippen LogP contribution in [0.1, 0.15) is 17.5 Å². The molecule has 2 heterocycles. The van der Waals surface area contributed by atoms with Crippen LogP contribution in [0.3, 0.4) is 0 Å². The highest BCUT2D eigenvalue weighted by Crippen LogP contribution is 2.54. The van der Waals surface area contributed by atoms with Gasteiger partial charge >= 0.3 is 6.18 Å². The van der Waals surface area contributed by atoms with Crippen LogP contribution in [0.5, 0.6) is 0 Å². The molecule has 7 heteroatoms. The third-order valence-corrected chi connectivity index (χ3v) is 5.80. The Balaban J connectivity index is 1.20. The molecule has 1 amide bonds. The number of benzene rings is 1. The summed E-state index contributed by atoms with van der Waals surface area (Å²) in [5, 5.41) is 2.90. The first-order valence-corrected chi connectivity index (χ1v) is 9.70. The van der Waals surface area contributed by atoms with Gasteiger partial charge < -0.3 is 10.2 Å². The van der Waals surface area contributed by atoms with Gasteiger partial charge in [-0.15, -0.1) is 0 Å². The third kappa shape index (κ3) is 4.60. The second-order valence-corrected chi connectivity index (χ2v) is 7.64. The van der Waals surface area contributed by atoms with E-state index in [0.717, 1.165) is 31.1 Å². The predicted molar refractivity (Wildman–Crippen MR) is 105 cm³/mol. The van der Waals surface area contributed by atoms with Gasteiger partial charge in [0.05, 0.1) is 5.56 Å². The van der Waals surface area contributed by atoms with Crippen LogP contribution in [0, 0.1) is 17.8 Å². The second kappa shape index (κ2) is 7.89. The highest BCUT2D eigenvalue weighted by atomic mass is 19.4. The minimum atomic E-state index is -4.31. The average molecular weight is 401 g/mol. The number of alkyl halides is 3. The minimum absolute atomic E-state index is 0.134. The molecule has 1 aliphatic heterocycles. The molecule has 0 spiro atoms. The standard InChI is InChI=1S/C22H22F3N3O/c23-22(24,25)16-4-1-5-17(11-16)28-13-19-18(20(19)14-28)8-10-27-21(29)7-6-15-3-2-9-26-12-15/h1-7,9,11-12,18-20H,8,10,13-14H2,(H,27,29)/b7-6+. The quantitative estimate of drug-likeness (QED) is 0.745. The van der Waals surface area contributed by atoms with Crippen molar-refractivity contribution >= 4 is 17.7 Å². The number of nitrogens with zero attached hydrogens (tertiary/aromatic N) is 2. The van der Waals surface area contributed by atoms with Crippen molar-refractivity contribution < 1.29 is 18.0 Å². The summed E-state index contributed by atoms with van der Waals surface area (Å²) >= 11 is 0. The molecule has 1 aliphatic carbocycles. The Labute approximate surface area is 167 Å². The number of anilines is 1. The van der Waals surface area contributed by atoms with Crippen LogP contribution in [0.15, 0.2) is 54.9 Å². The SMILES string of the molecule is O=C(/C=C/c1cccnc1)NCCC1C2CN(c3cccc(C(F)(F)F)c3)CC12. The fourth-order valence-electron chi connectivity index (χ4n) is 4.23. The average Bonchev–Trinajstić information content (AvgIpc) is 3.15. The van der Waals surface area contributed by atoms with Gasteiger partial charge in [-0.2, -0.15) is 13.2 Å². The molecule has 152 valence electrons. The highest BCUT2D eigenvalue weighted by molar-refractivity contribution is 5.91. The Bertz CT molecular complexity index is 886. The molecular formula is C22H22F3N3O. The van der Waals surface area contributed by atoms with Gasteiger partial charge in [0.15, 0.2) is 0 Å². The lowest BCUT2D eigenvalue weighted by Gasteiger charge is -2.23. The molecule has 2 fully saturated rings. The molecule has 2 unspecified atom stereocenters. The molecule has 0 radical (unpaired) electrons. The van der Waals surface area contributed by atoms with Crippen LogP contribution in [0.2, 0.25) is 0 Å². The van der Waals surface area contributed by atoms with E-state index in [1.165, 1.54) is 18.2 Å². The Kier molecular flexibility index (Phi) is 5.30. The number of aromatic nitrogens is 1. The molecule has 4 rings (SSSR count). The monoisotopic (exact) mass is 401 g/mol. The molecule has 2 aromatic rings. The maximum absolute atomic E-state index is 12.9. The van der Waals surface area contributed by atoms with Crippen LogP contribution in [-0.4, -0.2) is 30.5 Å². The van der Waals surface area contributed by atoms with Gasteiger partial charge in [-0.1, -0.05) is 12.1 Å². The summed E-state index contributed by atoms with van der Waals surface area (Å²) < 4.78 is 38.7. The van der Waals surface area contributed by atoms with Crippen molar-refractivity contribution in [2.45, 2.75) is 12.6 Å². The van der Waals surface area contributed by atoms with Crippen molar-refractivity contribution in [3.8, 4) is 0 Å². The first-order valence-electron chi connectivity index (χ1n) is 9.70. The number of halogens is 3. The number of hydrogen-bond acceptors (Lipinski definition) is 3. The number of pyridine rings is 1. The van der Waals surface area contributed by atoms with Crippen LogP contribution >= 0.6 is 0 Å². The first-order chi connectivity index (χ1) is 13.9. The van der Waals surface area contributed by atoms with Crippen molar-refractivity contribution in [3.05, 3.63) is 66.0 Å². The molecule has 1 saturated heterocycles. The zero-order valence-corrected chi connectivity index (χ0v) is 15.8. The van der Waals surface area contributed by atoms with Crippen molar-refractivity contribution in [2.75, 3.05) is 24.5 Å². The first kappa shape index (κ1) is 19.5. The van der Waals surface area contributed by atoms with Crippen molar-refractivity contribution in [1.82, 2.24) is 10.3 Å². The Hall–Kier alpha value is -2.83. The maximum atomic E-state index is 12.9. The normalized spacial score (nSPS) is 23.3. The van der Waals surface area contributed by atoms with Crippen LogP contribution < -0.4 is 10.2 Å². The fraction of sp³-hybridized carbons (Fsp3) is 0.364. The van der Waals surface area contributed by atoms with Gasteiger partial charge in [0.25, 0.3) is 0 Å². The lowest BCUT2D eigenvalue weighted by atomic mass is 10.1. The molecule has 2 aliphatic rings.